The van der Waals surface area contributed by atoms with Crippen molar-refractivity contribution in [3.8, 4) is 0 Å². The van der Waals surface area contributed by atoms with Gasteiger partial charge in [0, 0.05) is 29.0 Å². The van der Waals surface area contributed by atoms with E-state index in [1.807, 2.05) is 0 Å². The molecule has 8 nitrogen and oxygen atoms in total. The van der Waals surface area contributed by atoms with Gasteiger partial charge in [-0.1, -0.05) is 26.0 Å². The number of hydrogen-bond donors (Lipinski definition) is 2. The minimum absolute atomic E-state index is 0.0476. The van der Waals surface area contributed by atoms with Crippen molar-refractivity contribution in [2.75, 3.05) is 6.26 Å². The van der Waals surface area contributed by atoms with Crippen LogP contribution in [0.4, 0.5) is 13.2 Å². The number of nitrogens with one attached hydrogen (secondary N) is 1. The van der Waals surface area contributed by atoms with Crippen molar-refractivity contribution in [3.05, 3.63) is 65.0 Å². The number of allylic oxidation sites excluding steroid dienone is 2. The third-order valence-corrected chi connectivity index (χ3v) is 8.85. The molecule has 1 fully saturated rings. The number of alkyl halides is 3. The van der Waals surface area contributed by atoms with E-state index in [9.17, 15) is 39.4 Å². The molecule has 4 rings (SSSR count). The van der Waals surface area contributed by atoms with Crippen LogP contribution in [0.3, 0.4) is 0 Å². The van der Waals surface area contributed by atoms with Crippen LogP contribution in [0.5, 0.6) is 0 Å². The maximum Gasteiger partial charge on any atom is 0.416 e. The normalized spacial score (nSPS) is 22.6. The predicted molar refractivity (Wildman–Crippen MR) is 124 cm³/mol. The molecule has 13 heteroatoms. The van der Waals surface area contributed by atoms with Crippen LogP contribution in [0.2, 0.25) is 0 Å². The van der Waals surface area contributed by atoms with Crippen LogP contribution in [0.15, 0.2) is 53.1 Å². The molecule has 0 bridgehead atoms. The van der Waals surface area contributed by atoms with Gasteiger partial charge in [0.05, 0.1) is 16.2 Å². The molecule has 1 aromatic carbocycles. The molecule has 0 amide bonds. The first-order valence-electron chi connectivity index (χ1n) is 10.8. The summed E-state index contributed by atoms with van der Waals surface area (Å²) in [6.07, 6.45) is 1.01. The Hall–Kier alpha value is -2.77. The topological polar surface area (TPSA) is 134 Å². The number of rotatable bonds is 6. The quantitative estimate of drug-likeness (QED) is 0.318. The van der Waals surface area contributed by atoms with E-state index < -0.39 is 64.0 Å². The van der Waals surface area contributed by atoms with Gasteiger partial charge in [0.2, 0.25) is 4.75 Å². The smallest absolute Gasteiger partial charge is 0.291 e. The highest BCUT2D eigenvalue weighted by atomic mass is 32.2. The largest absolute Gasteiger partial charge is 0.416 e. The number of aromatic amines is 1. The maximum atomic E-state index is 14.3. The zero-order chi connectivity index (χ0) is 26.9. The van der Waals surface area contributed by atoms with Gasteiger partial charge in [-0.25, -0.2) is 8.42 Å². The third kappa shape index (κ3) is 4.33. The van der Waals surface area contributed by atoms with Crippen LogP contribution in [0, 0.1) is 11.3 Å². The molecule has 2 aliphatic carbocycles. The third-order valence-electron chi connectivity index (χ3n) is 6.30. The summed E-state index contributed by atoms with van der Waals surface area (Å²) in [5, 5.41) is 6.40. The SMILES string of the molecule is CC1(C)C=C(c2ccn[nH]2)C(C(=O)c2ccc(C(F)(F)F)cc2S(C)(=O)=O)(S(=O)(=O)O)C(C2CC2)=C1. The molecule has 0 aliphatic heterocycles. The average Bonchev–Trinajstić information content (AvgIpc) is 3.43. The second-order valence-corrected chi connectivity index (χ2v) is 13.2. The molecular formula is C23H23F3N2O6S2. The number of Topliss-reactive ketones (excluding diaryl/α,β-unsaturated/α-hetero) is 1. The fraction of sp³-hybridized carbons (Fsp3) is 0.391. The van der Waals surface area contributed by atoms with E-state index in [1.54, 1.807) is 19.9 Å². The Morgan fingerprint density at radius 1 is 1.11 bits per heavy atom. The number of nitrogens with zero attached hydrogens (tertiary/aromatic N) is 1. The number of H-pyrrole nitrogens is 1. The highest BCUT2D eigenvalue weighted by molar-refractivity contribution is 7.91. The van der Waals surface area contributed by atoms with Gasteiger partial charge in [-0.15, -0.1) is 0 Å². The average molecular weight is 545 g/mol. The number of halogens is 3. The molecule has 194 valence electrons. The molecule has 1 atom stereocenters. The monoisotopic (exact) mass is 544 g/mol. The first kappa shape index (κ1) is 26.3. The summed E-state index contributed by atoms with van der Waals surface area (Å²) >= 11 is 0. The Labute approximate surface area is 206 Å². The molecule has 0 radical (unpaired) electrons. The van der Waals surface area contributed by atoms with E-state index in [0.717, 1.165) is 0 Å². The lowest BCUT2D eigenvalue weighted by atomic mass is 9.70. The Balaban J connectivity index is 2.11. The van der Waals surface area contributed by atoms with Crippen LogP contribution in [-0.4, -0.2) is 48.4 Å². The molecule has 1 heterocycles. The van der Waals surface area contributed by atoms with Crippen LogP contribution in [0.25, 0.3) is 5.57 Å². The number of aromatic nitrogens is 2. The first-order chi connectivity index (χ1) is 16.4. The summed E-state index contributed by atoms with van der Waals surface area (Å²) in [6.45, 7) is 3.51. The minimum Gasteiger partial charge on any atom is -0.291 e. The summed E-state index contributed by atoms with van der Waals surface area (Å²) in [5.74, 6) is -1.79. The second kappa shape index (κ2) is 8.12. The maximum absolute atomic E-state index is 14.3. The van der Waals surface area contributed by atoms with E-state index in [4.69, 9.17) is 0 Å². The van der Waals surface area contributed by atoms with Gasteiger partial charge < -0.3 is 0 Å². The summed E-state index contributed by atoms with van der Waals surface area (Å²) in [4.78, 5) is 13.3. The van der Waals surface area contributed by atoms with Crippen molar-refractivity contribution < 1.29 is 39.4 Å². The minimum atomic E-state index is -5.37. The van der Waals surface area contributed by atoms with Gasteiger partial charge in [-0.2, -0.15) is 26.7 Å². The van der Waals surface area contributed by atoms with E-state index in [0.29, 0.717) is 37.3 Å². The number of benzene rings is 1. The lowest BCUT2D eigenvalue weighted by Crippen LogP contribution is -2.52. The molecule has 2 N–H and O–H groups in total. The van der Waals surface area contributed by atoms with Crippen LogP contribution in [0.1, 0.15) is 48.3 Å². The lowest BCUT2D eigenvalue weighted by molar-refractivity contribution is -0.137. The number of hydrogen-bond acceptors (Lipinski definition) is 6. The molecular weight excluding hydrogens is 521 g/mol. The first-order valence-corrected chi connectivity index (χ1v) is 14.1. The zero-order valence-corrected chi connectivity index (χ0v) is 21.1. The Kier molecular flexibility index (Phi) is 5.93. The van der Waals surface area contributed by atoms with Crippen LogP contribution >= 0.6 is 0 Å². The Morgan fingerprint density at radius 3 is 2.22 bits per heavy atom. The van der Waals surface area contributed by atoms with Crippen molar-refractivity contribution in [1.82, 2.24) is 10.2 Å². The summed E-state index contributed by atoms with van der Waals surface area (Å²) in [7, 11) is -9.81. The van der Waals surface area contributed by atoms with Crippen LogP contribution in [-0.2, 0) is 26.1 Å². The van der Waals surface area contributed by atoms with Crippen molar-refractivity contribution in [3.63, 3.8) is 0 Å². The fourth-order valence-electron chi connectivity index (χ4n) is 4.69. The second-order valence-electron chi connectivity index (χ2n) is 9.69. The fourth-order valence-corrected chi connectivity index (χ4v) is 6.90. The standard InChI is InChI=1S/C23H23F3N2O6S2/c1-21(2)11-16(13-4-5-13)22(36(32,33)34,17(12-21)18-8-9-27-28-18)20(29)15-7-6-14(23(24,25)26)10-19(15)35(3,30)31/h6-13H,4-5H2,1-3H3,(H,27,28)(H,32,33,34). The van der Waals surface area contributed by atoms with Gasteiger partial charge in [-0.3, -0.25) is 14.4 Å². The number of carbonyl (C=O) groups is 1. The molecule has 0 saturated heterocycles. The zero-order valence-electron chi connectivity index (χ0n) is 19.4. The summed E-state index contributed by atoms with van der Waals surface area (Å²) in [6, 6.07) is 2.83. The Bertz CT molecular complexity index is 1520. The molecule has 2 aromatic rings. The molecule has 1 aromatic heterocycles. The van der Waals surface area contributed by atoms with E-state index in [2.05, 4.69) is 10.2 Å². The number of carbonyl (C=O) groups excluding carboxylic acids is 1. The van der Waals surface area contributed by atoms with Gasteiger partial charge in [0.1, 0.15) is 0 Å². The van der Waals surface area contributed by atoms with Gasteiger partial charge in [0.25, 0.3) is 10.1 Å². The predicted octanol–water partition coefficient (Wildman–Crippen LogP) is 4.10. The summed E-state index contributed by atoms with van der Waals surface area (Å²) in [5.41, 5.74) is -2.94. The summed E-state index contributed by atoms with van der Waals surface area (Å²) < 4.78 is 99.6. The van der Waals surface area contributed by atoms with Crippen molar-refractivity contribution in [2.24, 2.45) is 11.3 Å². The highest BCUT2D eigenvalue weighted by Crippen LogP contribution is 2.56. The lowest BCUT2D eigenvalue weighted by Gasteiger charge is -2.40. The number of sulfone groups is 1. The molecule has 0 spiro atoms. The van der Waals surface area contributed by atoms with Gasteiger partial charge in [0.15, 0.2) is 15.6 Å². The van der Waals surface area contributed by atoms with Gasteiger partial charge in [-0.05, 0) is 48.6 Å². The highest BCUT2D eigenvalue weighted by Gasteiger charge is 2.62. The van der Waals surface area contributed by atoms with Gasteiger partial charge >= 0.3 is 6.18 Å². The molecule has 2 aliphatic rings. The van der Waals surface area contributed by atoms with Crippen LogP contribution < -0.4 is 0 Å². The van der Waals surface area contributed by atoms with E-state index in [-0.39, 0.29) is 16.8 Å². The van der Waals surface area contributed by atoms with Crippen molar-refractivity contribution in [1.29, 1.82) is 0 Å². The molecule has 1 unspecified atom stereocenters. The Morgan fingerprint density at radius 2 is 1.75 bits per heavy atom. The molecule has 1 saturated carbocycles. The number of ketones is 1. The van der Waals surface area contributed by atoms with E-state index in [1.165, 1.54) is 18.3 Å². The van der Waals surface area contributed by atoms with E-state index >= 15 is 0 Å². The van der Waals surface area contributed by atoms with Crippen molar-refractivity contribution in [2.45, 2.75) is 42.5 Å². The molecule has 36 heavy (non-hydrogen) atoms. The van der Waals surface area contributed by atoms with Crippen molar-refractivity contribution >= 4 is 31.3 Å².